The Labute approximate surface area is 255 Å². The largest absolute Gasteiger partial charge is 0.460 e. The molecule has 1 fully saturated rings. The third-order valence-corrected chi connectivity index (χ3v) is 7.44. The quantitative estimate of drug-likeness (QED) is 0.231. The molecule has 6 atom stereocenters. The van der Waals surface area contributed by atoms with Crippen LogP contribution in [0.25, 0.3) is 10.8 Å². The third kappa shape index (κ3) is 7.15. The van der Waals surface area contributed by atoms with Crippen LogP contribution in [-0.4, -0.2) is 72.7 Å². The van der Waals surface area contributed by atoms with E-state index in [0.29, 0.717) is 29.8 Å². The van der Waals surface area contributed by atoms with E-state index in [2.05, 4.69) is 0 Å². The van der Waals surface area contributed by atoms with Gasteiger partial charge in [-0.2, -0.15) is 0 Å². The number of carbonyl (C=O) groups is 4. The summed E-state index contributed by atoms with van der Waals surface area (Å²) in [5.74, 6) is -1.54. The number of esters is 3. The molecule has 12 heteroatoms. The molecule has 2 aromatic rings. The molecule has 1 saturated heterocycles. The van der Waals surface area contributed by atoms with Crippen molar-refractivity contribution >= 4 is 52.1 Å². The fraction of sp³-hybridized carbons (Fsp3) is 0.548. The number of nitrogens with zero attached hydrogens (tertiary/aromatic N) is 1. The Morgan fingerprint density at radius 1 is 0.930 bits per heavy atom. The lowest BCUT2D eigenvalue weighted by Crippen LogP contribution is -2.62. The Hall–Kier alpha value is -3.57. The minimum atomic E-state index is -1.29. The number of anilines is 1. The SMILES string of the molecule is CC[C@H]1O[C@@H](Oc2cc3c(c4ccccc24)[C@H](CCl)CN3C(=O)OC(C)(C)C)[C@H](OC(C)=O)[C@H](OC(C)=O)[C@H]1OC(C)=O. The van der Waals surface area contributed by atoms with Crippen LogP contribution in [0.4, 0.5) is 10.5 Å². The van der Waals surface area contributed by atoms with Crippen LogP contribution in [0.5, 0.6) is 5.75 Å². The predicted octanol–water partition coefficient (Wildman–Crippen LogP) is 5.23. The molecule has 2 aliphatic heterocycles. The number of rotatable bonds is 7. The minimum Gasteiger partial charge on any atom is -0.460 e. The van der Waals surface area contributed by atoms with Crippen LogP contribution in [0.1, 0.15) is 66.4 Å². The molecule has 0 radical (unpaired) electrons. The Morgan fingerprint density at radius 2 is 1.51 bits per heavy atom. The van der Waals surface area contributed by atoms with Crippen molar-refractivity contribution in [1.29, 1.82) is 0 Å². The molecule has 0 aliphatic carbocycles. The number of benzene rings is 2. The highest BCUT2D eigenvalue weighted by Gasteiger charge is 2.52. The Balaban J connectivity index is 1.83. The van der Waals surface area contributed by atoms with Crippen molar-refractivity contribution < 1.29 is 47.6 Å². The molecule has 0 bridgehead atoms. The maximum Gasteiger partial charge on any atom is 0.414 e. The van der Waals surface area contributed by atoms with Gasteiger partial charge in [-0.3, -0.25) is 19.3 Å². The zero-order valence-corrected chi connectivity index (χ0v) is 26.1. The molecule has 0 aromatic heterocycles. The van der Waals surface area contributed by atoms with Gasteiger partial charge in [0, 0.05) is 50.6 Å². The van der Waals surface area contributed by atoms with Gasteiger partial charge in [-0.15, -0.1) is 11.6 Å². The molecule has 43 heavy (non-hydrogen) atoms. The number of alkyl halides is 1. The second-order valence-corrected chi connectivity index (χ2v) is 11.9. The lowest BCUT2D eigenvalue weighted by atomic mass is 9.95. The van der Waals surface area contributed by atoms with Crippen LogP contribution in [-0.2, 0) is 38.1 Å². The van der Waals surface area contributed by atoms with Gasteiger partial charge < -0.3 is 28.4 Å². The van der Waals surface area contributed by atoms with E-state index in [1.165, 1.54) is 25.7 Å². The highest BCUT2D eigenvalue weighted by molar-refractivity contribution is 6.19. The van der Waals surface area contributed by atoms with Crippen molar-refractivity contribution in [2.24, 2.45) is 0 Å². The molecule has 2 aliphatic rings. The predicted molar refractivity (Wildman–Crippen MR) is 157 cm³/mol. The van der Waals surface area contributed by atoms with Crippen LogP contribution in [0.15, 0.2) is 30.3 Å². The summed E-state index contributed by atoms with van der Waals surface area (Å²) >= 11 is 6.39. The summed E-state index contributed by atoms with van der Waals surface area (Å²) in [5, 5.41) is 1.51. The van der Waals surface area contributed by atoms with E-state index in [1.807, 2.05) is 31.2 Å². The monoisotopic (exact) mass is 619 g/mol. The number of fused-ring (bicyclic) bond motifs is 3. The van der Waals surface area contributed by atoms with Gasteiger partial charge in [0.2, 0.25) is 12.4 Å². The van der Waals surface area contributed by atoms with Crippen LogP contribution >= 0.6 is 11.6 Å². The van der Waals surface area contributed by atoms with Gasteiger partial charge in [0.1, 0.15) is 17.5 Å². The smallest absolute Gasteiger partial charge is 0.414 e. The zero-order chi connectivity index (χ0) is 31.6. The summed E-state index contributed by atoms with van der Waals surface area (Å²) in [6, 6.07) is 9.20. The highest BCUT2D eigenvalue weighted by Crippen LogP contribution is 2.46. The van der Waals surface area contributed by atoms with Crippen molar-refractivity contribution in [3.8, 4) is 5.75 Å². The van der Waals surface area contributed by atoms with E-state index in [4.69, 9.17) is 40.0 Å². The summed E-state index contributed by atoms with van der Waals surface area (Å²) in [5.41, 5.74) is 0.720. The molecule has 0 N–H and O–H groups in total. The molecule has 11 nitrogen and oxygen atoms in total. The highest BCUT2D eigenvalue weighted by atomic mass is 35.5. The van der Waals surface area contributed by atoms with Crippen LogP contribution in [0.3, 0.4) is 0 Å². The molecular formula is C31H38ClNO10. The van der Waals surface area contributed by atoms with E-state index in [1.54, 1.807) is 26.8 Å². The first kappa shape index (κ1) is 32.3. The second-order valence-electron chi connectivity index (χ2n) is 11.6. The third-order valence-electron chi connectivity index (χ3n) is 7.07. The number of ether oxygens (including phenoxy) is 6. The molecule has 0 spiro atoms. The lowest BCUT2D eigenvalue weighted by molar-refractivity contribution is -0.283. The first-order valence-electron chi connectivity index (χ1n) is 14.2. The first-order chi connectivity index (χ1) is 20.2. The number of carbonyl (C=O) groups excluding carboxylic acids is 4. The molecular weight excluding hydrogens is 582 g/mol. The number of hydrogen-bond donors (Lipinski definition) is 0. The van der Waals surface area contributed by atoms with Crippen molar-refractivity contribution in [3.63, 3.8) is 0 Å². The van der Waals surface area contributed by atoms with Gasteiger partial charge >= 0.3 is 24.0 Å². The topological polar surface area (TPSA) is 127 Å². The average molecular weight is 620 g/mol. The van der Waals surface area contributed by atoms with Crippen LogP contribution in [0.2, 0.25) is 0 Å². The summed E-state index contributed by atoms with van der Waals surface area (Å²) in [6.07, 6.45) is -5.76. The number of hydrogen-bond acceptors (Lipinski definition) is 10. The second kappa shape index (κ2) is 13.0. The van der Waals surface area contributed by atoms with E-state index in [-0.39, 0.29) is 11.8 Å². The summed E-state index contributed by atoms with van der Waals surface area (Å²) < 4.78 is 35.0. The van der Waals surface area contributed by atoms with Crippen molar-refractivity contribution in [3.05, 3.63) is 35.9 Å². The zero-order valence-electron chi connectivity index (χ0n) is 25.4. The lowest BCUT2D eigenvalue weighted by Gasteiger charge is -2.44. The molecule has 0 unspecified atom stereocenters. The van der Waals surface area contributed by atoms with E-state index in [9.17, 15) is 19.2 Å². The number of amides is 1. The fourth-order valence-corrected chi connectivity index (χ4v) is 5.78. The first-order valence-corrected chi connectivity index (χ1v) is 14.7. The normalized spacial score (nSPS) is 25.1. The Morgan fingerprint density at radius 3 is 2.07 bits per heavy atom. The van der Waals surface area contributed by atoms with Gasteiger partial charge in [-0.25, -0.2) is 4.79 Å². The van der Waals surface area contributed by atoms with E-state index < -0.39 is 60.3 Å². The summed E-state index contributed by atoms with van der Waals surface area (Å²) in [4.78, 5) is 51.2. The van der Waals surface area contributed by atoms with Crippen LogP contribution < -0.4 is 9.64 Å². The van der Waals surface area contributed by atoms with Crippen molar-refractivity contribution in [2.75, 3.05) is 17.3 Å². The van der Waals surface area contributed by atoms with E-state index in [0.717, 1.165) is 10.9 Å². The van der Waals surface area contributed by atoms with Gasteiger partial charge in [0.15, 0.2) is 12.2 Å². The Kier molecular flexibility index (Phi) is 9.76. The summed E-state index contributed by atoms with van der Waals surface area (Å²) in [6.45, 7) is 11.1. The summed E-state index contributed by atoms with van der Waals surface area (Å²) in [7, 11) is 0. The fourth-order valence-electron chi connectivity index (χ4n) is 5.53. The molecule has 4 rings (SSSR count). The molecule has 2 aromatic carbocycles. The maximum absolute atomic E-state index is 13.3. The van der Waals surface area contributed by atoms with Crippen LogP contribution in [0, 0.1) is 0 Å². The van der Waals surface area contributed by atoms with Gasteiger partial charge in [-0.1, -0.05) is 31.2 Å². The molecule has 2 heterocycles. The number of halogens is 1. The Bertz CT molecular complexity index is 1390. The maximum atomic E-state index is 13.3. The average Bonchev–Trinajstić information content (AvgIpc) is 3.29. The van der Waals surface area contributed by atoms with Crippen molar-refractivity contribution in [1.82, 2.24) is 0 Å². The van der Waals surface area contributed by atoms with Gasteiger partial charge in [0.05, 0.1) is 5.69 Å². The molecule has 0 saturated carbocycles. The van der Waals surface area contributed by atoms with Gasteiger partial charge in [-0.05, 0) is 38.1 Å². The molecule has 1 amide bonds. The van der Waals surface area contributed by atoms with E-state index >= 15 is 0 Å². The van der Waals surface area contributed by atoms with Gasteiger partial charge in [0.25, 0.3) is 0 Å². The standard InChI is InChI=1S/C31H38ClNO10/c1-8-23-26(38-16(2)34)27(39-17(3)35)28(40-18(4)36)29(41-23)42-24-13-22-25(21-12-10-9-11-20(21)24)19(14-32)15-33(22)30(37)43-31(5,6)7/h9-13,19,23,26-29H,8,14-15H2,1-7H3/t19-,23-,26+,27-,28-,29+/m1/s1. The minimum absolute atomic E-state index is 0.162. The molecule has 234 valence electrons. The van der Waals surface area contributed by atoms with Crippen molar-refractivity contribution in [2.45, 2.75) is 97.1 Å².